The minimum atomic E-state index is -0.731. The third-order valence-corrected chi connectivity index (χ3v) is 4.92. The van der Waals surface area contributed by atoms with Gasteiger partial charge >= 0.3 is 0 Å². The van der Waals surface area contributed by atoms with Crippen molar-refractivity contribution >= 4 is 23.6 Å². The summed E-state index contributed by atoms with van der Waals surface area (Å²) < 4.78 is 0. The van der Waals surface area contributed by atoms with Gasteiger partial charge in [-0.1, -0.05) is 34.6 Å². The van der Waals surface area contributed by atoms with E-state index < -0.39 is 18.1 Å². The van der Waals surface area contributed by atoms with Crippen molar-refractivity contribution in [2.24, 2.45) is 11.8 Å². The zero-order valence-electron chi connectivity index (χ0n) is 19.5. The highest BCUT2D eigenvalue weighted by molar-refractivity contribution is 5.93. The summed E-state index contributed by atoms with van der Waals surface area (Å²) in [5.74, 6) is -0.677. The minimum absolute atomic E-state index is 0.164. The van der Waals surface area contributed by atoms with Gasteiger partial charge in [-0.25, -0.2) is 0 Å². The predicted octanol–water partition coefficient (Wildman–Crippen LogP) is 1.39. The van der Waals surface area contributed by atoms with E-state index in [1.807, 2.05) is 27.7 Å². The van der Waals surface area contributed by atoms with Crippen LogP contribution in [0.5, 0.6) is 0 Å². The van der Waals surface area contributed by atoms with E-state index in [-0.39, 0.29) is 41.9 Å². The topological polar surface area (TPSA) is 98.8 Å². The maximum Gasteiger partial charge on any atom is 0.245 e. The van der Waals surface area contributed by atoms with E-state index >= 15 is 0 Å². The molecular formula is C21H40N4O4. The fourth-order valence-electron chi connectivity index (χ4n) is 3.18. The Balaban J connectivity index is 5.66. The summed E-state index contributed by atoms with van der Waals surface area (Å²) in [6, 6.07) is -2.05. The molecule has 0 aliphatic heterocycles. The predicted molar refractivity (Wildman–Crippen MR) is 114 cm³/mol. The van der Waals surface area contributed by atoms with Crippen LogP contribution in [-0.2, 0) is 19.2 Å². The molecule has 2 N–H and O–H groups in total. The van der Waals surface area contributed by atoms with Gasteiger partial charge in [0.2, 0.25) is 23.6 Å². The number of nitrogens with one attached hydrogen (secondary N) is 2. The van der Waals surface area contributed by atoms with Crippen molar-refractivity contribution in [2.75, 3.05) is 21.1 Å². The van der Waals surface area contributed by atoms with E-state index in [1.165, 1.54) is 9.80 Å². The fourth-order valence-corrected chi connectivity index (χ4v) is 3.18. The number of carbonyl (C=O) groups is 4. The monoisotopic (exact) mass is 412 g/mol. The Morgan fingerprint density at radius 1 is 0.793 bits per heavy atom. The van der Waals surface area contributed by atoms with Gasteiger partial charge in [0.15, 0.2) is 0 Å². The summed E-state index contributed by atoms with van der Waals surface area (Å²) in [4.78, 5) is 53.0. The molecule has 0 rings (SSSR count). The van der Waals surface area contributed by atoms with Gasteiger partial charge in [-0.3, -0.25) is 19.2 Å². The molecule has 0 aliphatic rings. The molecule has 168 valence electrons. The Labute approximate surface area is 175 Å². The van der Waals surface area contributed by atoms with E-state index in [2.05, 4.69) is 10.6 Å². The molecule has 0 bridgehead atoms. The molecule has 0 aromatic carbocycles. The summed E-state index contributed by atoms with van der Waals surface area (Å²) in [5, 5.41) is 5.27. The van der Waals surface area contributed by atoms with Crippen molar-refractivity contribution in [3.63, 3.8) is 0 Å². The zero-order valence-corrected chi connectivity index (χ0v) is 19.5. The quantitative estimate of drug-likeness (QED) is 0.536. The normalized spacial score (nSPS) is 14.2. The van der Waals surface area contributed by atoms with Crippen molar-refractivity contribution in [3.8, 4) is 0 Å². The molecule has 0 radical (unpaired) electrons. The fraction of sp³-hybridized carbons (Fsp3) is 0.810. The van der Waals surface area contributed by atoms with Crippen LogP contribution in [0.1, 0.15) is 60.8 Å². The lowest BCUT2D eigenvalue weighted by Gasteiger charge is -2.36. The number of amides is 4. The molecule has 0 aromatic rings. The van der Waals surface area contributed by atoms with Crippen LogP contribution < -0.4 is 10.6 Å². The number of nitrogens with zero attached hydrogens (tertiary/aromatic N) is 2. The van der Waals surface area contributed by atoms with Crippen LogP contribution in [0.25, 0.3) is 0 Å². The molecule has 1 unspecified atom stereocenters. The molecule has 0 saturated carbocycles. The number of rotatable bonds is 11. The number of hydrogen-bond acceptors (Lipinski definition) is 4. The first-order valence-corrected chi connectivity index (χ1v) is 10.4. The number of carbonyl (C=O) groups excluding carboxylic acids is 4. The van der Waals surface area contributed by atoms with Crippen LogP contribution in [0, 0.1) is 11.8 Å². The average Bonchev–Trinajstić information content (AvgIpc) is 2.66. The van der Waals surface area contributed by atoms with E-state index in [0.717, 1.165) is 0 Å². The van der Waals surface area contributed by atoms with Crippen LogP contribution >= 0.6 is 0 Å². The van der Waals surface area contributed by atoms with Crippen LogP contribution in [0.2, 0.25) is 0 Å². The Bertz CT molecular complexity index is 577. The van der Waals surface area contributed by atoms with Gasteiger partial charge in [0, 0.05) is 27.6 Å². The maximum atomic E-state index is 13.3. The van der Waals surface area contributed by atoms with Gasteiger partial charge in [0.25, 0.3) is 0 Å². The highest BCUT2D eigenvalue weighted by atomic mass is 16.2. The van der Waals surface area contributed by atoms with Crippen molar-refractivity contribution in [1.29, 1.82) is 0 Å². The summed E-state index contributed by atoms with van der Waals surface area (Å²) in [6.45, 7) is 11.3. The maximum absolute atomic E-state index is 13.3. The van der Waals surface area contributed by atoms with E-state index in [1.54, 1.807) is 35.0 Å². The third kappa shape index (κ3) is 8.41. The first kappa shape index (κ1) is 26.9. The molecule has 0 spiro atoms. The highest BCUT2D eigenvalue weighted by Gasteiger charge is 2.36. The summed E-state index contributed by atoms with van der Waals surface area (Å²) >= 11 is 0. The molecule has 8 nitrogen and oxygen atoms in total. The van der Waals surface area contributed by atoms with Crippen molar-refractivity contribution in [1.82, 2.24) is 20.4 Å². The molecule has 0 aromatic heterocycles. The molecule has 0 saturated heterocycles. The van der Waals surface area contributed by atoms with Gasteiger partial charge in [0.05, 0.1) is 0 Å². The molecule has 29 heavy (non-hydrogen) atoms. The second-order valence-electron chi connectivity index (χ2n) is 8.45. The molecule has 4 amide bonds. The van der Waals surface area contributed by atoms with Crippen LogP contribution in [0.15, 0.2) is 0 Å². The Morgan fingerprint density at radius 3 is 1.66 bits per heavy atom. The van der Waals surface area contributed by atoms with Crippen molar-refractivity contribution < 1.29 is 19.2 Å². The SMILES string of the molecule is CCC(=O)NC(C)C(=O)N(C)[C@@H](CC(C)C)C(=O)N(C)[C@@H](CC(C)C)C(=O)NC. The van der Waals surface area contributed by atoms with Gasteiger partial charge < -0.3 is 20.4 Å². The summed E-state index contributed by atoms with van der Waals surface area (Å²) in [7, 11) is 4.74. The lowest BCUT2D eigenvalue weighted by Crippen LogP contribution is -2.57. The molecule has 8 heteroatoms. The summed E-state index contributed by atoms with van der Waals surface area (Å²) in [6.07, 6.45) is 1.26. The highest BCUT2D eigenvalue weighted by Crippen LogP contribution is 2.18. The van der Waals surface area contributed by atoms with Gasteiger partial charge in [-0.2, -0.15) is 0 Å². The van der Waals surface area contributed by atoms with Crippen LogP contribution in [0.3, 0.4) is 0 Å². The molecule has 0 fully saturated rings. The first-order valence-electron chi connectivity index (χ1n) is 10.4. The van der Waals surface area contributed by atoms with E-state index in [9.17, 15) is 19.2 Å². The van der Waals surface area contributed by atoms with Gasteiger partial charge in [-0.05, 0) is 31.6 Å². The minimum Gasteiger partial charge on any atom is -0.357 e. The zero-order chi connectivity index (χ0) is 22.9. The van der Waals surface area contributed by atoms with E-state index in [0.29, 0.717) is 12.8 Å². The van der Waals surface area contributed by atoms with Crippen molar-refractivity contribution in [2.45, 2.75) is 78.9 Å². The van der Waals surface area contributed by atoms with Crippen molar-refractivity contribution in [3.05, 3.63) is 0 Å². The summed E-state index contributed by atoms with van der Waals surface area (Å²) in [5.41, 5.74) is 0. The van der Waals surface area contributed by atoms with Crippen LogP contribution in [-0.4, -0.2) is 72.7 Å². The Morgan fingerprint density at radius 2 is 1.24 bits per heavy atom. The molecule has 0 heterocycles. The number of likely N-dealkylation sites (N-methyl/N-ethyl adjacent to an activating group) is 3. The van der Waals surface area contributed by atoms with Gasteiger partial charge in [0.1, 0.15) is 18.1 Å². The molecule has 0 aliphatic carbocycles. The Hall–Kier alpha value is -2.12. The smallest absolute Gasteiger partial charge is 0.245 e. The lowest BCUT2D eigenvalue weighted by atomic mass is 9.97. The lowest BCUT2D eigenvalue weighted by molar-refractivity contribution is -0.149. The number of hydrogen-bond donors (Lipinski definition) is 2. The second-order valence-corrected chi connectivity index (χ2v) is 8.45. The van der Waals surface area contributed by atoms with Crippen LogP contribution in [0.4, 0.5) is 0 Å². The van der Waals surface area contributed by atoms with Gasteiger partial charge in [-0.15, -0.1) is 0 Å². The second kappa shape index (κ2) is 12.4. The molecule has 3 atom stereocenters. The van der Waals surface area contributed by atoms with E-state index in [4.69, 9.17) is 0 Å². The largest absolute Gasteiger partial charge is 0.357 e. The Kier molecular flexibility index (Phi) is 11.5. The first-order chi connectivity index (χ1) is 13.4. The standard InChI is InChI=1S/C21H40N4O4/c1-10-18(26)23-15(6)20(28)25(9)17(12-14(4)5)21(29)24(8)16(11-13(2)3)19(27)22-7/h13-17H,10-12H2,1-9H3,(H,22,27)(H,23,26)/t15?,16-,17-/m0/s1. The molecular weight excluding hydrogens is 372 g/mol. The average molecular weight is 413 g/mol. The third-order valence-electron chi connectivity index (χ3n) is 4.92.